The van der Waals surface area contributed by atoms with Gasteiger partial charge in [-0.3, -0.25) is 0 Å². The van der Waals surface area contributed by atoms with Crippen LogP contribution < -0.4 is 5.32 Å². The predicted molar refractivity (Wildman–Crippen MR) is 61.4 cm³/mol. The zero-order valence-corrected chi connectivity index (χ0v) is 9.52. The largest absolute Gasteiger partial charge is 0.308 e. The quantitative estimate of drug-likeness (QED) is 0.812. The lowest BCUT2D eigenvalue weighted by Gasteiger charge is -2.19. The van der Waals surface area contributed by atoms with E-state index in [0.29, 0.717) is 0 Å². The standard InChI is InChI=1S/C12H13FN4/c1-8-12-11(6-7-14-8)17(16-15-12)10-4-2-9(13)3-5-10/h2-5,8,14H,6-7H2,1H3. The first-order chi connectivity index (χ1) is 8.25. The Kier molecular flexibility index (Phi) is 2.40. The Hall–Kier alpha value is -1.75. The Bertz CT molecular complexity index is 532. The number of halogens is 1. The fourth-order valence-corrected chi connectivity index (χ4v) is 2.18. The molecule has 0 bridgehead atoms. The number of aromatic nitrogens is 3. The lowest BCUT2D eigenvalue weighted by molar-refractivity contribution is 0.523. The van der Waals surface area contributed by atoms with E-state index in [1.54, 1.807) is 16.8 Å². The van der Waals surface area contributed by atoms with Crippen molar-refractivity contribution in [2.24, 2.45) is 0 Å². The average molecular weight is 232 g/mol. The summed E-state index contributed by atoms with van der Waals surface area (Å²) in [7, 11) is 0. The van der Waals surface area contributed by atoms with Crippen molar-refractivity contribution in [3.63, 3.8) is 0 Å². The number of fused-ring (bicyclic) bond motifs is 1. The van der Waals surface area contributed by atoms with Crippen molar-refractivity contribution < 1.29 is 4.39 Å². The van der Waals surface area contributed by atoms with Gasteiger partial charge in [-0.15, -0.1) is 5.10 Å². The molecule has 1 unspecified atom stereocenters. The first kappa shape index (κ1) is 10.4. The Morgan fingerprint density at radius 3 is 2.88 bits per heavy atom. The molecular weight excluding hydrogens is 219 g/mol. The first-order valence-corrected chi connectivity index (χ1v) is 5.69. The lowest BCUT2D eigenvalue weighted by Crippen LogP contribution is -2.28. The van der Waals surface area contributed by atoms with Crippen molar-refractivity contribution in [2.45, 2.75) is 19.4 Å². The van der Waals surface area contributed by atoms with Crippen LogP contribution in [0.3, 0.4) is 0 Å². The highest BCUT2D eigenvalue weighted by atomic mass is 19.1. The van der Waals surface area contributed by atoms with Gasteiger partial charge in [-0.25, -0.2) is 9.07 Å². The molecule has 88 valence electrons. The molecule has 2 aromatic rings. The zero-order chi connectivity index (χ0) is 11.8. The molecule has 1 aliphatic rings. The number of benzene rings is 1. The van der Waals surface area contributed by atoms with Crippen LogP contribution in [-0.4, -0.2) is 21.5 Å². The van der Waals surface area contributed by atoms with Gasteiger partial charge in [-0.1, -0.05) is 5.21 Å². The van der Waals surface area contributed by atoms with Crippen molar-refractivity contribution in [1.29, 1.82) is 0 Å². The summed E-state index contributed by atoms with van der Waals surface area (Å²) in [5, 5.41) is 11.7. The fraction of sp³-hybridized carbons (Fsp3) is 0.333. The third-order valence-corrected chi connectivity index (χ3v) is 3.09. The summed E-state index contributed by atoms with van der Waals surface area (Å²) in [5.41, 5.74) is 2.96. The minimum atomic E-state index is -0.238. The van der Waals surface area contributed by atoms with Crippen molar-refractivity contribution in [1.82, 2.24) is 20.3 Å². The van der Waals surface area contributed by atoms with Crippen LogP contribution in [0.5, 0.6) is 0 Å². The molecule has 5 heteroatoms. The summed E-state index contributed by atoms with van der Waals surface area (Å²) in [4.78, 5) is 0. The minimum Gasteiger partial charge on any atom is -0.308 e. The Morgan fingerprint density at radius 2 is 2.12 bits per heavy atom. The molecule has 4 nitrogen and oxygen atoms in total. The van der Waals surface area contributed by atoms with E-state index in [1.165, 1.54) is 12.1 Å². The van der Waals surface area contributed by atoms with Gasteiger partial charge in [0.05, 0.1) is 17.4 Å². The van der Waals surface area contributed by atoms with Gasteiger partial charge in [0.25, 0.3) is 0 Å². The van der Waals surface area contributed by atoms with Gasteiger partial charge in [0.15, 0.2) is 0 Å². The molecule has 0 radical (unpaired) electrons. The van der Waals surface area contributed by atoms with Gasteiger partial charge in [-0.05, 0) is 31.2 Å². The predicted octanol–water partition coefficient (Wildman–Crippen LogP) is 1.61. The summed E-state index contributed by atoms with van der Waals surface area (Å²) in [6.45, 7) is 2.99. The van der Waals surface area contributed by atoms with Gasteiger partial charge in [-0.2, -0.15) is 0 Å². The maximum absolute atomic E-state index is 12.9. The second kappa shape index (κ2) is 3.92. The van der Waals surface area contributed by atoms with Crippen molar-refractivity contribution in [3.05, 3.63) is 41.5 Å². The fourth-order valence-electron chi connectivity index (χ4n) is 2.18. The number of hydrogen-bond acceptors (Lipinski definition) is 3. The van der Waals surface area contributed by atoms with Crippen molar-refractivity contribution >= 4 is 0 Å². The maximum Gasteiger partial charge on any atom is 0.123 e. The van der Waals surface area contributed by atoms with Gasteiger partial charge >= 0.3 is 0 Å². The molecule has 1 aromatic carbocycles. The highest BCUT2D eigenvalue weighted by molar-refractivity contribution is 5.34. The molecule has 0 aliphatic carbocycles. The molecule has 17 heavy (non-hydrogen) atoms. The zero-order valence-electron chi connectivity index (χ0n) is 9.52. The molecule has 0 spiro atoms. The third-order valence-electron chi connectivity index (χ3n) is 3.09. The normalized spacial score (nSPS) is 19.1. The van der Waals surface area contributed by atoms with E-state index in [2.05, 4.69) is 22.6 Å². The molecule has 2 heterocycles. The topological polar surface area (TPSA) is 42.7 Å². The van der Waals surface area contributed by atoms with Crippen LogP contribution >= 0.6 is 0 Å². The molecular formula is C12H13FN4. The Labute approximate surface area is 98.5 Å². The summed E-state index contributed by atoms with van der Waals surface area (Å²) in [6, 6.07) is 6.54. The average Bonchev–Trinajstić information content (AvgIpc) is 2.75. The third kappa shape index (κ3) is 1.72. The molecule has 1 N–H and O–H groups in total. The summed E-state index contributed by atoms with van der Waals surface area (Å²) < 4.78 is 14.7. The second-order valence-corrected chi connectivity index (χ2v) is 4.24. The van der Waals surface area contributed by atoms with Crippen molar-refractivity contribution in [2.75, 3.05) is 6.54 Å². The highest BCUT2D eigenvalue weighted by Gasteiger charge is 2.22. The molecule has 3 rings (SSSR count). The van der Waals surface area contributed by atoms with Crippen LogP contribution in [0.2, 0.25) is 0 Å². The molecule has 0 saturated heterocycles. The number of hydrogen-bond donors (Lipinski definition) is 1. The van der Waals surface area contributed by atoms with Gasteiger partial charge < -0.3 is 5.32 Å². The van der Waals surface area contributed by atoms with E-state index in [9.17, 15) is 4.39 Å². The van der Waals surface area contributed by atoms with Crippen LogP contribution in [-0.2, 0) is 6.42 Å². The van der Waals surface area contributed by atoms with Gasteiger partial charge in [0.1, 0.15) is 11.5 Å². The van der Waals surface area contributed by atoms with Crippen molar-refractivity contribution in [3.8, 4) is 5.69 Å². The first-order valence-electron chi connectivity index (χ1n) is 5.69. The van der Waals surface area contributed by atoms with E-state index in [1.807, 2.05) is 0 Å². The number of rotatable bonds is 1. The van der Waals surface area contributed by atoms with E-state index in [-0.39, 0.29) is 11.9 Å². The van der Waals surface area contributed by atoms with Crippen LogP contribution in [0, 0.1) is 5.82 Å². The van der Waals surface area contributed by atoms with Gasteiger partial charge in [0.2, 0.25) is 0 Å². The second-order valence-electron chi connectivity index (χ2n) is 4.24. The van der Waals surface area contributed by atoms with E-state index < -0.39 is 0 Å². The molecule has 1 aromatic heterocycles. The lowest BCUT2D eigenvalue weighted by atomic mass is 10.1. The minimum absolute atomic E-state index is 0.230. The molecule has 0 saturated carbocycles. The summed E-state index contributed by atoms with van der Waals surface area (Å²) in [5.74, 6) is -0.238. The molecule has 1 aliphatic heterocycles. The molecule has 1 atom stereocenters. The van der Waals surface area contributed by atoms with Crippen LogP contribution in [0.25, 0.3) is 5.69 Å². The maximum atomic E-state index is 12.9. The highest BCUT2D eigenvalue weighted by Crippen LogP contribution is 2.22. The van der Waals surface area contributed by atoms with E-state index in [0.717, 1.165) is 30.0 Å². The van der Waals surface area contributed by atoms with E-state index in [4.69, 9.17) is 0 Å². The van der Waals surface area contributed by atoms with Crippen LogP contribution in [0.1, 0.15) is 24.4 Å². The van der Waals surface area contributed by atoms with Crippen LogP contribution in [0.4, 0.5) is 4.39 Å². The monoisotopic (exact) mass is 232 g/mol. The van der Waals surface area contributed by atoms with Crippen LogP contribution in [0.15, 0.2) is 24.3 Å². The summed E-state index contributed by atoms with van der Waals surface area (Å²) >= 11 is 0. The Balaban J connectivity index is 2.07. The smallest absolute Gasteiger partial charge is 0.123 e. The summed E-state index contributed by atoms with van der Waals surface area (Å²) in [6.07, 6.45) is 0.893. The number of nitrogens with one attached hydrogen (secondary N) is 1. The van der Waals surface area contributed by atoms with E-state index >= 15 is 0 Å². The number of nitrogens with zero attached hydrogens (tertiary/aromatic N) is 3. The SMILES string of the molecule is CC1NCCc2c1nnn2-c1ccc(F)cc1. The Morgan fingerprint density at radius 1 is 1.35 bits per heavy atom. The molecule has 0 fully saturated rings. The molecule has 0 amide bonds. The van der Waals surface area contributed by atoms with Gasteiger partial charge in [0, 0.05) is 13.0 Å².